The maximum atomic E-state index is 13.7. The Labute approximate surface area is 168 Å². The molecule has 1 amide bonds. The highest BCUT2D eigenvalue weighted by atomic mass is 35.5. The largest absolute Gasteiger partial charge is 0.463 e. The molecule has 4 heterocycles. The lowest BCUT2D eigenvalue weighted by molar-refractivity contribution is -0.116. The third kappa shape index (κ3) is 3.81. The predicted octanol–water partition coefficient (Wildman–Crippen LogP) is 4.62. The molecule has 0 saturated carbocycles. The molecular weight excluding hydrogens is 404 g/mol. The Bertz CT molecular complexity index is 1170. The third-order valence-corrected chi connectivity index (χ3v) is 4.43. The number of aromatic nitrogens is 4. The lowest BCUT2D eigenvalue weighted by atomic mass is 10.1. The van der Waals surface area contributed by atoms with E-state index >= 15 is 0 Å². The number of aryl methyl sites for hydroxylation is 1. The summed E-state index contributed by atoms with van der Waals surface area (Å²) in [6.07, 6.45) is 0.0902. The van der Waals surface area contributed by atoms with Gasteiger partial charge in [-0.1, -0.05) is 11.6 Å². The topological polar surface area (TPSA) is 85.8 Å². The number of nitrogens with one attached hydrogen (secondary N) is 1. The molecular formula is C19H14ClF2N5O2. The van der Waals surface area contributed by atoms with Crippen molar-refractivity contribution in [2.75, 3.05) is 5.32 Å². The molecule has 4 aromatic rings. The molecule has 0 aliphatic rings. The van der Waals surface area contributed by atoms with E-state index in [4.69, 9.17) is 16.0 Å². The summed E-state index contributed by atoms with van der Waals surface area (Å²) in [5, 5.41) is 7.50. The average molecular weight is 418 g/mol. The molecule has 0 aliphatic heterocycles. The summed E-state index contributed by atoms with van der Waals surface area (Å²) in [6.45, 7) is 1.36. The van der Waals surface area contributed by atoms with Gasteiger partial charge in [0.1, 0.15) is 18.1 Å². The van der Waals surface area contributed by atoms with Crippen LogP contribution in [0, 0.1) is 6.92 Å². The predicted molar refractivity (Wildman–Crippen MR) is 103 cm³/mol. The number of halogens is 3. The van der Waals surface area contributed by atoms with E-state index in [2.05, 4.69) is 20.4 Å². The second-order valence-electron chi connectivity index (χ2n) is 6.23. The summed E-state index contributed by atoms with van der Waals surface area (Å²) < 4.78 is 34.0. The Morgan fingerprint density at radius 2 is 2.17 bits per heavy atom. The molecule has 0 unspecified atom stereocenters. The van der Waals surface area contributed by atoms with Crippen LogP contribution < -0.4 is 5.32 Å². The van der Waals surface area contributed by atoms with Gasteiger partial charge in [-0.25, -0.2) is 23.4 Å². The van der Waals surface area contributed by atoms with E-state index < -0.39 is 12.3 Å². The Morgan fingerprint density at radius 3 is 2.83 bits per heavy atom. The van der Waals surface area contributed by atoms with Crippen molar-refractivity contribution < 1.29 is 18.0 Å². The summed E-state index contributed by atoms with van der Waals surface area (Å²) >= 11 is 5.78. The minimum absolute atomic E-state index is 0.172. The van der Waals surface area contributed by atoms with Crippen molar-refractivity contribution in [3.05, 3.63) is 59.1 Å². The van der Waals surface area contributed by atoms with Crippen LogP contribution in [0.25, 0.3) is 22.5 Å². The van der Waals surface area contributed by atoms with Crippen molar-refractivity contribution in [1.29, 1.82) is 0 Å². The van der Waals surface area contributed by atoms with Crippen LogP contribution in [0.15, 0.2) is 47.2 Å². The van der Waals surface area contributed by atoms with E-state index in [1.54, 1.807) is 31.2 Å². The van der Waals surface area contributed by atoms with Gasteiger partial charge in [0.15, 0.2) is 11.4 Å². The highest BCUT2D eigenvalue weighted by Gasteiger charge is 2.22. The molecule has 0 atom stereocenters. The first kappa shape index (κ1) is 19.0. The Kier molecular flexibility index (Phi) is 4.98. The maximum Gasteiger partial charge on any atom is 0.264 e. The van der Waals surface area contributed by atoms with E-state index in [1.807, 2.05) is 0 Å². The van der Waals surface area contributed by atoms with Crippen LogP contribution >= 0.6 is 11.6 Å². The van der Waals surface area contributed by atoms with Gasteiger partial charge in [-0.3, -0.25) is 4.79 Å². The number of alkyl halides is 2. The first-order valence-electron chi connectivity index (χ1n) is 8.54. The van der Waals surface area contributed by atoms with Crippen molar-refractivity contribution in [1.82, 2.24) is 19.7 Å². The maximum absolute atomic E-state index is 13.7. The standard InChI is InChI=1S/C19H14ClF2N5O2/c1-10-17-12(18(21)22)7-13(14-3-2-6-29-14)24-19(17)27(26-10)9-16(28)25-15-5-4-11(20)8-23-15/h2-8,18H,9H2,1H3,(H,23,25,28). The van der Waals surface area contributed by atoms with Gasteiger partial charge in [0.2, 0.25) is 5.91 Å². The summed E-state index contributed by atoms with van der Waals surface area (Å²) in [5.74, 6) is 0.215. The molecule has 0 aromatic carbocycles. The molecule has 0 aliphatic carbocycles. The van der Waals surface area contributed by atoms with Gasteiger partial charge in [-0.05, 0) is 37.3 Å². The van der Waals surface area contributed by atoms with Crippen LogP contribution in [-0.4, -0.2) is 25.7 Å². The van der Waals surface area contributed by atoms with Crippen LogP contribution in [0.3, 0.4) is 0 Å². The normalized spacial score (nSPS) is 11.3. The second-order valence-corrected chi connectivity index (χ2v) is 6.66. The zero-order chi connectivity index (χ0) is 20.5. The lowest BCUT2D eigenvalue weighted by Crippen LogP contribution is -2.20. The van der Waals surface area contributed by atoms with Crippen LogP contribution in [0.5, 0.6) is 0 Å². The number of fused-ring (bicyclic) bond motifs is 1. The minimum Gasteiger partial charge on any atom is -0.463 e. The Hall–Kier alpha value is -3.33. The van der Waals surface area contributed by atoms with Gasteiger partial charge in [0.05, 0.1) is 22.4 Å². The summed E-state index contributed by atoms with van der Waals surface area (Å²) in [4.78, 5) is 20.8. The molecule has 4 rings (SSSR count). The highest BCUT2D eigenvalue weighted by Crippen LogP contribution is 2.33. The number of furan rings is 1. The quantitative estimate of drug-likeness (QED) is 0.512. The van der Waals surface area contributed by atoms with Gasteiger partial charge < -0.3 is 9.73 Å². The van der Waals surface area contributed by atoms with Gasteiger partial charge in [0.25, 0.3) is 6.43 Å². The number of carbonyl (C=O) groups is 1. The molecule has 0 fully saturated rings. The molecule has 10 heteroatoms. The highest BCUT2D eigenvalue weighted by molar-refractivity contribution is 6.30. The van der Waals surface area contributed by atoms with E-state index in [0.717, 1.165) is 0 Å². The molecule has 4 aromatic heterocycles. The van der Waals surface area contributed by atoms with Gasteiger partial charge in [0, 0.05) is 11.8 Å². The zero-order valence-electron chi connectivity index (χ0n) is 15.1. The van der Waals surface area contributed by atoms with Crippen LogP contribution in [0.1, 0.15) is 17.7 Å². The average Bonchev–Trinajstić information content (AvgIpc) is 3.32. The molecule has 1 N–H and O–H groups in total. The van der Waals surface area contributed by atoms with Gasteiger partial charge in [-0.2, -0.15) is 5.10 Å². The first-order chi connectivity index (χ1) is 13.9. The molecule has 0 bridgehead atoms. The van der Waals surface area contributed by atoms with Crippen molar-refractivity contribution in [3.8, 4) is 11.5 Å². The number of nitrogens with zero attached hydrogens (tertiary/aromatic N) is 4. The van der Waals surface area contributed by atoms with E-state index in [-0.39, 0.29) is 28.8 Å². The summed E-state index contributed by atoms with van der Waals surface area (Å²) in [6, 6.07) is 7.68. The molecule has 148 valence electrons. The van der Waals surface area contributed by atoms with E-state index in [9.17, 15) is 13.6 Å². The molecule has 7 nitrogen and oxygen atoms in total. The minimum atomic E-state index is -2.74. The fraction of sp³-hybridized carbons (Fsp3) is 0.158. The first-order valence-corrected chi connectivity index (χ1v) is 8.91. The number of pyridine rings is 2. The monoisotopic (exact) mass is 417 g/mol. The smallest absolute Gasteiger partial charge is 0.264 e. The number of carbonyl (C=O) groups excluding carboxylic acids is 1. The van der Waals surface area contributed by atoms with Crippen LogP contribution in [-0.2, 0) is 11.3 Å². The van der Waals surface area contributed by atoms with Crippen LogP contribution in [0.2, 0.25) is 5.02 Å². The van der Waals surface area contributed by atoms with Gasteiger partial charge in [-0.15, -0.1) is 0 Å². The van der Waals surface area contributed by atoms with Crippen molar-refractivity contribution >= 4 is 34.4 Å². The molecule has 0 spiro atoms. The zero-order valence-corrected chi connectivity index (χ0v) is 15.8. The van der Waals surface area contributed by atoms with Crippen molar-refractivity contribution in [2.24, 2.45) is 0 Å². The van der Waals surface area contributed by atoms with Crippen molar-refractivity contribution in [2.45, 2.75) is 19.9 Å². The molecule has 0 radical (unpaired) electrons. The fourth-order valence-corrected chi connectivity index (χ4v) is 3.10. The molecule has 0 saturated heterocycles. The number of amides is 1. The number of anilines is 1. The summed E-state index contributed by atoms with van der Waals surface area (Å²) in [5.41, 5.74) is 0.542. The number of rotatable bonds is 5. The second kappa shape index (κ2) is 7.59. The van der Waals surface area contributed by atoms with E-state index in [1.165, 1.54) is 23.2 Å². The molecule has 29 heavy (non-hydrogen) atoms. The van der Waals surface area contributed by atoms with Gasteiger partial charge >= 0.3 is 0 Å². The fourth-order valence-electron chi connectivity index (χ4n) is 2.99. The lowest BCUT2D eigenvalue weighted by Gasteiger charge is -2.08. The van der Waals surface area contributed by atoms with Crippen molar-refractivity contribution in [3.63, 3.8) is 0 Å². The van der Waals surface area contributed by atoms with E-state index in [0.29, 0.717) is 22.3 Å². The SMILES string of the molecule is Cc1nn(CC(=O)Nc2ccc(Cl)cn2)c2nc(-c3ccco3)cc(C(F)F)c12. The Morgan fingerprint density at radius 1 is 1.34 bits per heavy atom. The Balaban J connectivity index is 1.72. The number of hydrogen-bond acceptors (Lipinski definition) is 5. The van der Waals surface area contributed by atoms with Crippen LogP contribution in [0.4, 0.5) is 14.6 Å². The summed E-state index contributed by atoms with van der Waals surface area (Å²) in [7, 11) is 0. The third-order valence-electron chi connectivity index (χ3n) is 4.20. The number of hydrogen-bond donors (Lipinski definition) is 1.